The second-order valence-electron chi connectivity index (χ2n) is 4.86. The standard InChI is InChI=1S/C14H22N2/c1-11(12-7-8-12)16(2)14-6-4-3-5-13(14)9-10-15/h3-6,11-12H,7-10,15H2,1-2H3. The smallest absolute Gasteiger partial charge is 0.0399 e. The van der Waals surface area contributed by atoms with Crippen LogP contribution in [0.4, 0.5) is 5.69 Å². The third kappa shape index (κ3) is 2.38. The molecule has 2 rings (SSSR count). The lowest BCUT2D eigenvalue weighted by molar-refractivity contribution is 0.607. The van der Waals surface area contributed by atoms with Crippen molar-refractivity contribution >= 4 is 5.69 Å². The molecule has 1 atom stereocenters. The molecule has 0 spiro atoms. The zero-order valence-corrected chi connectivity index (χ0v) is 10.3. The third-order valence-electron chi connectivity index (χ3n) is 3.70. The van der Waals surface area contributed by atoms with E-state index in [0.717, 1.165) is 18.9 Å². The van der Waals surface area contributed by atoms with Crippen molar-refractivity contribution in [3.05, 3.63) is 29.8 Å². The van der Waals surface area contributed by atoms with E-state index in [-0.39, 0.29) is 0 Å². The Labute approximate surface area is 98.4 Å². The SMILES string of the molecule is CC(C1CC1)N(C)c1ccccc1CCN. The maximum Gasteiger partial charge on any atom is 0.0399 e. The lowest BCUT2D eigenvalue weighted by Crippen LogP contribution is -2.31. The van der Waals surface area contributed by atoms with Crippen molar-refractivity contribution < 1.29 is 0 Å². The minimum Gasteiger partial charge on any atom is -0.371 e. The van der Waals surface area contributed by atoms with E-state index in [2.05, 4.69) is 43.1 Å². The average molecular weight is 218 g/mol. The summed E-state index contributed by atoms with van der Waals surface area (Å²) < 4.78 is 0. The molecule has 1 aliphatic rings. The Morgan fingerprint density at radius 3 is 2.69 bits per heavy atom. The summed E-state index contributed by atoms with van der Waals surface area (Å²) in [5, 5.41) is 0. The van der Waals surface area contributed by atoms with Crippen LogP contribution in [0.25, 0.3) is 0 Å². The minimum absolute atomic E-state index is 0.652. The summed E-state index contributed by atoms with van der Waals surface area (Å²) in [4.78, 5) is 2.42. The Balaban J connectivity index is 2.17. The molecule has 0 bridgehead atoms. The van der Waals surface area contributed by atoms with E-state index in [1.807, 2.05) is 0 Å². The molecule has 16 heavy (non-hydrogen) atoms. The van der Waals surface area contributed by atoms with Gasteiger partial charge in [0.15, 0.2) is 0 Å². The van der Waals surface area contributed by atoms with E-state index in [0.29, 0.717) is 6.04 Å². The first-order valence-electron chi connectivity index (χ1n) is 6.25. The highest BCUT2D eigenvalue weighted by Crippen LogP contribution is 2.36. The highest BCUT2D eigenvalue weighted by atomic mass is 15.1. The van der Waals surface area contributed by atoms with Gasteiger partial charge in [0.1, 0.15) is 0 Å². The number of benzene rings is 1. The molecule has 1 saturated carbocycles. The third-order valence-corrected chi connectivity index (χ3v) is 3.70. The number of hydrogen-bond acceptors (Lipinski definition) is 2. The Kier molecular flexibility index (Phi) is 3.49. The van der Waals surface area contributed by atoms with Gasteiger partial charge < -0.3 is 10.6 Å². The molecule has 1 aromatic carbocycles. The van der Waals surface area contributed by atoms with Crippen molar-refractivity contribution in [1.82, 2.24) is 0 Å². The maximum atomic E-state index is 5.66. The first-order valence-corrected chi connectivity index (χ1v) is 6.25. The first kappa shape index (κ1) is 11.5. The lowest BCUT2D eigenvalue weighted by atomic mass is 10.1. The lowest BCUT2D eigenvalue weighted by Gasteiger charge is -2.29. The summed E-state index contributed by atoms with van der Waals surface area (Å²) in [5.41, 5.74) is 8.39. The van der Waals surface area contributed by atoms with Crippen LogP contribution in [-0.4, -0.2) is 19.6 Å². The van der Waals surface area contributed by atoms with Crippen molar-refractivity contribution in [3.63, 3.8) is 0 Å². The average Bonchev–Trinajstić information content (AvgIpc) is 3.12. The number of nitrogens with zero attached hydrogens (tertiary/aromatic N) is 1. The fraction of sp³-hybridized carbons (Fsp3) is 0.571. The predicted molar refractivity (Wildman–Crippen MR) is 69.8 cm³/mol. The van der Waals surface area contributed by atoms with E-state index >= 15 is 0 Å². The molecule has 0 heterocycles. The predicted octanol–water partition coefficient (Wildman–Crippen LogP) is 2.42. The Bertz CT molecular complexity index is 344. The van der Waals surface area contributed by atoms with E-state index in [4.69, 9.17) is 5.73 Å². The Morgan fingerprint density at radius 2 is 2.06 bits per heavy atom. The molecule has 1 fully saturated rings. The van der Waals surface area contributed by atoms with Crippen LogP contribution in [0.5, 0.6) is 0 Å². The van der Waals surface area contributed by atoms with Crippen molar-refractivity contribution in [2.45, 2.75) is 32.2 Å². The summed E-state index contributed by atoms with van der Waals surface area (Å²) in [6.07, 6.45) is 3.76. The second kappa shape index (κ2) is 4.88. The highest BCUT2D eigenvalue weighted by Gasteiger charge is 2.31. The molecule has 2 nitrogen and oxygen atoms in total. The van der Waals surface area contributed by atoms with Gasteiger partial charge >= 0.3 is 0 Å². The van der Waals surface area contributed by atoms with Crippen LogP contribution in [0.15, 0.2) is 24.3 Å². The molecule has 0 amide bonds. The fourth-order valence-electron chi connectivity index (χ4n) is 2.34. The van der Waals surface area contributed by atoms with E-state index in [9.17, 15) is 0 Å². The molecule has 1 aromatic rings. The second-order valence-corrected chi connectivity index (χ2v) is 4.86. The molecule has 2 N–H and O–H groups in total. The molecular formula is C14H22N2. The summed E-state index contributed by atoms with van der Waals surface area (Å²) >= 11 is 0. The maximum absolute atomic E-state index is 5.66. The van der Waals surface area contributed by atoms with E-state index in [1.54, 1.807) is 0 Å². The zero-order chi connectivity index (χ0) is 11.5. The van der Waals surface area contributed by atoms with Crippen LogP contribution in [0.1, 0.15) is 25.3 Å². The number of nitrogens with two attached hydrogens (primary N) is 1. The van der Waals surface area contributed by atoms with Gasteiger partial charge in [-0.1, -0.05) is 18.2 Å². The van der Waals surface area contributed by atoms with Crippen LogP contribution in [0, 0.1) is 5.92 Å². The van der Waals surface area contributed by atoms with Crippen LogP contribution >= 0.6 is 0 Å². The van der Waals surface area contributed by atoms with Crippen molar-refractivity contribution in [2.24, 2.45) is 11.7 Å². The molecule has 0 radical (unpaired) electrons. The molecule has 1 aliphatic carbocycles. The quantitative estimate of drug-likeness (QED) is 0.822. The van der Waals surface area contributed by atoms with Gasteiger partial charge in [0.25, 0.3) is 0 Å². The molecule has 0 saturated heterocycles. The number of para-hydroxylation sites is 1. The molecule has 88 valence electrons. The fourth-order valence-corrected chi connectivity index (χ4v) is 2.34. The highest BCUT2D eigenvalue weighted by molar-refractivity contribution is 5.54. The van der Waals surface area contributed by atoms with Crippen molar-refractivity contribution in [2.75, 3.05) is 18.5 Å². The van der Waals surface area contributed by atoms with Crippen LogP contribution < -0.4 is 10.6 Å². The van der Waals surface area contributed by atoms with Gasteiger partial charge in [-0.15, -0.1) is 0 Å². The van der Waals surface area contributed by atoms with E-state index < -0.39 is 0 Å². The zero-order valence-electron chi connectivity index (χ0n) is 10.3. The monoisotopic (exact) mass is 218 g/mol. The molecule has 1 unspecified atom stereocenters. The van der Waals surface area contributed by atoms with Crippen molar-refractivity contribution in [1.29, 1.82) is 0 Å². The largest absolute Gasteiger partial charge is 0.371 e. The molecule has 2 heteroatoms. The topological polar surface area (TPSA) is 29.3 Å². The molecular weight excluding hydrogens is 196 g/mol. The Hall–Kier alpha value is -1.02. The van der Waals surface area contributed by atoms with Gasteiger partial charge in [0.05, 0.1) is 0 Å². The summed E-state index contributed by atoms with van der Waals surface area (Å²) in [6.45, 7) is 3.06. The summed E-state index contributed by atoms with van der Waals surface area (Å²) in [7, 11) is 2.21. The molecule has 0 aliphatic heterocycles. The number of anilines is 1. The van der Waals surface area contributed by atoms with E-state index in [1.165, 1.54) is 24.1 Å². The van der Waals surface area contributed by atoms with Gasteiger partial charge in [0, 0.05) is 18.8 Å². The summed E-state index contributed by atoms with van der Waals surface area (Å²) in [6, 6.07) is 9.27. The van der Waals surface area contributed by atoms with Crippen LogP contribution in [0.2, 0.25) is 0 Å². The Morgan fingerprint density at radius 1 is 1.38 bits per heavy atom. The van der Waals surface area contributed by atoms with Crippen LogP contribution in [0.3, 0.4) is 0 Å². The van der Waals surface area contributed by atoms with Gasteiger partial charge in [-0.25, -0.2) is 0 Å². The number of rotatable bonds is 5. The van der Waals surface area contributed by atoms with Gasteiger partial charge in [-0.3, -0.25) is 0 Å². The minimum atomic E-state index is 0.652. The van der Waals surface area contributed by atoms with Gasteiger partial charge in [-0.05, 0) is 50.3 Å². The van der Waals surface area contributed by atoms with Gasteiger partial charge in [-0.2, -0.15) is 0 Å². The normalized spacial score (nSPS) is 17.2. The number of hydrogen-bond donors (Lipinski definition) is 1. The summed E-state index contributed by atoms with van der Waals surface area (Å²) in [5.74, 6) is 0.899. The molecule has 0 aromatic heterocycles. The van der Waals surface area contributed by atoms with Gasteiger partial charge in [0.2, 0.25) is 0 Å². The van der Waals surface area contributed by atoms with Crippen LogP contribution in [-0.2, 0) is 6.42 Å². The first-order chi connectivity index (χ1) is 7.74. The van der Waals surface area contributed by atoms with Crippen molar-refractivity contribution in [3.8, 4) is 0 Å².